The Hall–Kier alpha value is -1.56. The highest BCUT2D eigenvalue weighted by Crippen LogP contribution is 2.29. The molecule has 2 aromatic rings. The number of rotatable bonds is 8. The molecule has 27 heavy (non-hydrogen) atoms. The van der Waals surface area contributed by atoms with Gasteiger partial charge in [0, 0.05) is 22.3 Å². The average molecular weight is 425 g/mol. The summed E-state index contributed by atoms with van der Waals surface area (Å²) in [6, 6.07) is 14.0. The van der Waals surface area contributed by atoms with Gasteiger partial charge in [0.25, 0.3) is 5.91 Å². The minimum absolute atomic E-state index is 0.0105. The van der Waals surface area contributed by atoms with Crippen molar-refractivity contribution >= 4 is 46.4 Å². The van der Waals surface area contributed by atoms with E-state index in [0.29, 0.717) is 13.1 Å². The summed E-state index contributed by atoms with van der Waals surface area (Å²) in [7, 11) is 0. The van der Waals surface area contributed by atoms with Crippen LogP contribution < -0.4 is 0 Å². The van der Waals surface area contributed by atoms with E-state index in [4.69, 9.17) is 23.2 Å². The van der Waals surface area contributed by atoms with Gasteiger partial charge in [0.15, 0.2) is 4.84 Å². The Morgan fingerprint density at radius 3 is 2.37 bits per heavy atom. The number of nitrogens with zero attached hydrogens (tertiary/aromatic N) is 2. The third kappa shape index (κ3) is 5.71. The van der Waals surface area contributed by atoms with Crippen molar-refractivity contribution < 1.29 is 9.59 Å². The number of amides is 2. The number of alkyl halides is 2. The van der Waals surface area contributed by atoms with E-state index in [9.17, 15) is 9.59 Å². The average Bonchev–Trinajstić information content (AvgIpc) is 3.41. The first-order chi connectivity index (χ1) is 12.9. The van der Waals surface area contributed by atoms with Crippen molar-refractivity contribution in [2.45, 2.75) is 43.7 Å². The number of halogens is 2. The van der Waals surface area contributed by atoms with E-state index in [2.05, 4.69) is 6.07 Å². The zero-order valence-electron chi connectivity index (χ0n) is 15.1. The second-order valence-corrected chi connectivity index (χ2v) is 9.21. The Morgan fingerprint density at radius 2 is 1.81 bits per heavy atom. The monoisotopic (exact) mass is 424 g/mol. The number of carbonyl (C=O) groups excluding carboxylic acids is 2. The van der Waals surface area contributed by atoms with Crippen LogP contribution in [0.2, 0.25) is 0 Å². The summed E-state index contributed by atoms with van der Waals surface area (Å²) < 4.78 is 0. The smallest absolute Gasteiger partial charge is 0.256 e. The fourth-order valence-electron chi connectivity index (χ4n) is 2.94. The molecule has 144 valence electrons. The van der Waals surface area contributed by atoms with Gasteiger partial charge in [-0.3, -0.25) is 9.59 Å². The number of hydrogen-bond donors (Lipinski definition) is 0. The van der Waals surface area contributed by atoms with Gasteiger partial charge in [-0.2, -0.15) is 0 Å². The lowest BCUT2D eigenvalue weighted by atomic mass is 10.2. The molecule has 1 saturated carbocycles. The van der Waals surface area contributed by atoms with E-state index in [0.717, 1.165) is 23.3 Å². The number of benzene rings is 1. The Labute approximate surface area is 173 Å². The van der Waals surface area contributed by atoms with E-state index in [-0.39, 0.29) is 24.4 Å². The first kappa shape index (κ1) is 20.2. The van der Waals surface area contributed by atoms with Gasteiger partial charge in [0.05, 0.1) is 6.54 Å². The summed E-state index contributed by atoms with van der Waals surface area (Å²) in [5.74, 6) is -0.486. The maximum atomic E-state index is 13.1. The van der Waals surface area contributed by atoms with Crippen molar-refractivity contribution in [3.05, 3.63) is 57.8 Å². The topological polar surface area (TPSA) is 40.6 Å². The Bertz CT molecular complexity index is 790. The van der Waals surface area contributed by atoms with Crippen molar-refractivity contribution in [1.82, 2.24) is 9.80 Å². The van der Waals surface area contributed by atoms with Crippen molar-refractivity contribution in [1.29, 1.82) is 0 Å². The zero-order chi connectivity index (χ0) is 19.4. The van der Waals surface area contributed by atoms with Crippen molar-refractivity contribution in [3.63, 3.8) is 0 Å². The van der Waals surface area contributed by atoms with Crippen LogP contribution in [-0.2, 0) is 22.7 Å². The molecule has 1 aromatic carbocycles. The van der Waals surface area contributed by atoms with Gasteiger partial charge in [-0.05, 0) is 37.5 Å². The van der Waals surface area contributed by atoms with Crippen LogP contribution in [-0.4, -0.2) is 39.0 Å². The normalized spacial score (nSPS) is 13.6. The molecule has 1 aliphatic rings. The molecule has 0 atom stereocenters. The van der Waals surface area contributed by atoms with E-state index in [1.54, 1.807) is 16.2 Å². The van der Waals surface area contributed by atoms with Crippen molar-refractivity contribution in [3.8, 4) is 0 Å². The van der Waals surface area contributed by atoms with Gasteiger partial charge < -0.3 is 9.80 Å². The lowest BCUT2D eigenvalue weighted by Gasteiger charge is -2.28. The zero-order valence-corrected chi connectivity index (χ0v) is 17.4. The van der Waals surface area contributed by atoms with Crippen molar-refractivity contribution in [2.75, 3.05) is 6.54 Å². The van der Waals surface area contributed by atoms with E-state index < -0.39 is 4.84 Å². The van der Waals surface area contributed by atoms with Crippen LogP contribution in [0.1, 0.15) is 28.2 Å². The summed E-state index contributed by atoms with van der Waals surface area (Å²) in [6.45, 7) is 3.07. The molecular weight excluding hydrogens is 403 g/mol. The van der Waals surface area contributed by atoms with Crippen LogP contribution >= 0.6 is 34.5 Å². The van der Waals surface area contributed by atoms with Crippen LogP contribution in [0, 0.1) is 6.92 Å². The van der Waals surface area contributed by atoms with Gasteiger partial charge in [-0.25, -0.2) is 0 Å². The van der Waals surface area contributed by atoms with Gasteiger partial charge >= 0.3 is 0 Å². The molecule has 1 aliphatic carbocycles. The fraction of sp³-hybridized carbons (Fsp3) is 0.400. The van der Waals surface area contributed by atoms with E-state index in [1.165, 1.54) is 9.78 Å². The van der Waals surface area contributed by atoms with Gasteiger partial charge in [-0.1, -0.05) is 53.5 Å². The Balaban J connectivity index is 1.75. The van der Waals surface area contributed by atoms with E-state index >= 15 is 0 Å². The maximum absolute atomic E-state index is 13.1. The number of hydrogen-bond acceptors (Lipinski definition) is 3. The summed E-state index contributed by atoms with van der Waals surface area (Å²) in [5, 5.41) is 0. The highest BCUT2D eigenvalue weighted by Gasteiger charge is 2.36. The predicted molar refractivity (Wildman–Crippen MR) is 110 cm³/mol. The number of thiophene rings is 1. The summed E-state index contributed by atoms with van der Waals surface area (Å²) in [5.41, 5.74) is 1.05. The third-order valence-corrected chi connectivity index (χ3v) is 5.83. The minimum atomic E-state index is -1.14. The Kier molecular flexibility index (Phi) is 6.79. The first-order valence-electron chi connectivity index (χ1n) is 8.89. The number of carbonyl (C=O) groups is 2. The van der Waals surface area contributed by atoms with Crippen LogP contribution in [0.25, 0.3) is 0 Å². The molecule has 0 unspecified atom stereocenters. The molecule has 1 aromatic heterocycles. The molecule has 0 N–H and O–H groups in total. The fourth-order valence-corrected chi connectivity index (χ4v) is 4.10. The maximum Gasteiger partial charge on any atom is 0.256 e. The van der Waals surface area contributed by atoms with Crippen molar-refractivity contribution in [2.24, 2.45) is 0 Å². The lowest BCUT2D eigenvalue weighted by molar-refractivity contribution is -0.140. The van der Waals surface area contributed by atoms with Crippen LogP contribution in [0.15, 0.2) is 42.5 Å². The SMILES string of the molecule is Cc1ccc(CN(Cc2ccccc2)C(=O)CN(C(=O)C(Cl)Cl)C2CC2)s1. The van der Waals surface area contributed by atoms with Crippen LogP contribution in [0.3, 0.4) is 0 Å². The quantitative estimate of drug-likeness (QED) is 0.589. The minimum Gasteiger partial charge on any atom is -0.332 e. The highest BCUT2D eigenvalue weighted by atomic mass is 35.5. The largest absolute Gasteiger partial charge is 0.332 e. The molecule has 4 nitrogen and oxygen atoms in total. The molecule has 7 heteroatoms. The Morgan fingerprint density at radius 1 is 1.11 bits per heavy atom. The predicted octanol–water partition coefficient (Wildman–Crippen LogP) is 4.38. The van der Waals surface area contributed by atoms with E-state index in [1.807, 2.05) is 43.3 Å². The number of aryl methyl sites for hydroxylation is 1. The molecule has 0 aliphatic heterocycles. The van der Waals surface area contributed by atoms with Crippen LogP contribution in [0.4, 0.5) is 0 Å². The standard InChI is InChI=1S/C20H22Cl2N2O2S/c1-14-7-10-17(27-14)12-23(11-15-5-3-2-4-6-15)18(25)13-24(16-8-9-16)20(26)19(21)22/h2-7,10,16,19H,8-9,11-13H2,1H3. The van der Waals surface area contributed by atoms with Gasteiger partial charge in [0.2, 0.25) is 5.91 Å². The highest BCUT2D eigenvalue weighted by molar-refractivity contribution is 7.11. The first-order valence-corrected chi connectivity index (χ1v) is 10.6. The molecule has 2 amide bonds. The summed E-state index contributed by atoms with van der Waals surface area (Å²) >= 11 is 13.2. The third-order valence-electron chi connectivity index (χ3n) is 4.47. The molecular formula is C20H22Cl2N2O2S. The second-order valence-electron chi connectivity index (χ2n) is 6.75. The molecule has 0 bridgehead atoms. The van der Waals surface area contributed by atoms with Crippen LogP contribution in [0.5, 0.6) is 0 Å². The summed E-state index contributed by atoms with van der Waals surface area (Å²) in [6.07, 6.45) is 1.78. The molecule has 3 rings (SSSR count). The molecule has 1 fully saturated rings. The molecule has 1 heterocycles. The molecule has 0 radical (unpaired) electrons. The molecule has 0 saturated heterocycles. The summed E-state index contributed by atoms with van der Waals surface area (Å²) in [4.78, 5) is 29.9. The lowest BCUT2D eigenvalue weighted by Crippen LogP contribution is -2.45. The second kappa shape index (κ2) is 9.09. The van der Waals surface area contributed by atoms with Gasteiger partial charge in [0.1, 0.15) is 6.54 Å². The van der Waals surface area contributed by atoms with Gasteiger partial charge in [-0.15, -0.1) is 11.3 Å². The molecule has 0 spiro atoms.